The standard InChI is InChI=1S/C8H11BrN2/c1-3-6(2)7-4-10-8(9)11-5-7/h4-6H,3H2,1-2H3/i1D3,2D3,3D2,6D. The molecule has 0 aliphatic rings. The Hall–Kier alpha value is -0.440. The van der Waals surface area contributed by atoms with Gasteiger partial charge in [-0.25, -0.2) is 9.97 Å². The Morgan fingerprint density at radius 2 is 2.55 bits per heavy atom. The summed E-state index contributed by atoms with van der Waals surface area (Å²) in [5.74, 6) is -3.02. The van der Waals surface area contributed by atoms with Crippen LogP contribution in [0.15, 0.2) is 17.1 Å². The molecule has 0 amide bonds. The van der Waals surface area contributed by atoms with Crippen LogP contribution in [0.4, 0.5) is 0 Å². The van der Waals surface area contributed by atoms with Gasteiger partial charge in [-0.05, 0) is 33.8 Å². The van der Waals surface area contributed by atoms with Gasteiger partial charge in [0.25, 0.3) is 0 Å². The molecule has 1 heterocycles. The smallest absolute Gasteiger partial charge is 0.196 e. The molecule has 60 valence electrons. The van der Waals surface area contributed by atoms with Crippen molar-refractivity contribution in [2.24, 2.45) is 0 Å². The van der Waals surface area contributed by atoms with E-state index in [1.807, 2.05) is 0 Å². The van der Waals surface area contributed by atoms with E-state index in [0.717, 1.165) is 12.4 Å². The number of rotatable bonds is 2. The van der Waals surface area contributed by atoms with Gasteiger partial charge in [-0.15, -0.1) is 0 Å². The van der Waals surface area contributed by atoms with Gasteiger partial charge < -0.3 is 0 Å². The summed E-state index contributed by atoms with van der Waals surface area (Å²) in [6, 6.07) is 0. The fraction of sp³-hybridized carbons (Fsp3) is 0.500. The quantitative estimate of drug-likeness (QED) is 0.722. The van der Waals surface area contributed by atoms with Crippen LogP contribution in [-0.2, 0) is 0 Å². The zero-order chi connectivity index (χ0) is 16.0. The minimum absolute atomic E-state index is 0.114. The fourth-order valence-corrected chi connectivity index (χ4v) is 0.718. The van der Waals surface area contributed by atoms with Crippen LogP contribution in [0, 0.1) is 0 Å². The lowest BCUT2D eigenvalue weighted by Gasteiger charge is -2.06. The molecular weight excluding hydrogens is 204 g/mol. The van der Waals surface area contributed by atoms with Gasteiger partial charge in [0.15, 0.2) is 4.73 Å². The monoisotopic (exact) mass is 223 g/mol. The van der Waals surface area contributed by atoms with Crippen molar-refractivity contribution in [3.8, 4) is 0 Å². The topological polar surface area (TPSA) is 25.8 Å². The largest absolute Gasteiger partial charge is 0.230 e. The molecule has 11 heavy (non-hydrogen) atoms. The second-order valence-corrected chi connectivity index (χ2v) is 2.45. The van der Waals surface area contributed by atoms with Gasteiger partial charge in [0, 0.05) is 24.7 Å². The number of halogens is 1. The average molecular weight is 224 g/mol. The maximum atomic E-state index is 8.05. The maximum Gasteiger partial charge on any atom is 0.196 e. The van der Waals surface area contributed by atoms with Gasteiger partial charge in [-0.3, -0.25) is 0 Å². The Bertz CT molecular complexity index is 480. The van der Waals surface area contributed by atoms with E-state index < -0.39 is 31.5 Å². The molecule has 0 aromatic carbocycles. The van der Waals surface area contributed by atoms with Gasteiger partial charge in [0.2, 0.25) is 0 Å². The van der Waals surface area contributed by atoms with Crippen LogP contribution >= 0.6 is 15.9 Å². The first-order chi connectivity index (χ1) is 8.75. The van der Waals surface area contributed by atoms with E-state index in [1.165, 1.54) is 0 Å². The van der Waals surface area contributed by atoms with Gasteiger partial charge in [0.1, 0.15) is 0 Å². The van der Waals surface area contributed by atoms with E-state index >= 15 is 0 Å². The van der Waals surface area contributed by atoms with E-state index in [4.69, 9.17) is 12.3 Å². The predicted octanol–water partition coefficient (Wildman–Crippen LogP) is 2.75. The Balaban J connectivity index is 3.58. The highest BCUT2D eigenvalue weighted by Crippen LogP contribution is 2.16. The van der Waals surface area contributed by atoms with Crippen molar-refractivity contribution in [2.75, 3.05) is 0 Å². The zero-order valence-corrected chi connectivity index (χ0v) is 7.01. The van der Waals surface area contributed by atoms with Crippen LogP contribution in [0.25, 0.3) is 0 Å². The lowest BCUT2D eigenvalue weighted by Crippen LogP contribution is -1.93. The van der Waals surface area contributed by atoms with Crippen molar-refractivity contribution in [1.29, 1.82) is 0 Å². The van der Waals surface area contributed by atoms with E-state index in [1.54, 1.807) is 0 Å². The maximum absolute atomic E-state index is 8.05. The van der Waals surface area contributed by atoms with Gasteiger partial charge in [0.05, 0.1) is 0 Å². The molecule has 0 saturated heterocycles. The van der Waals surface area contributed by atoms with Gasteiger partial charge >= 0.3 is 0 Å². The van der Waals surface area contributed by atoms with Crippen LogP contribution in [0.3, 0.4) is 0 Å². The second kappa shape index (κ2) is 3.81. The summed E-state index contributed by atoms with van der Waals surface area (Å²) in [4.78, 5) is 7.28. The molecule has 0 bridgehead atoms. The summed E-state index contributed by atoms with van der Waals surface area (Å²) in [6.45, 7) is -6.52. The molecule has 2 nitrogen and oxygen atoms in total. The van der Waals surface area contributed by atoms with E-state index in [-0.39, 0.29) is 4.73 Å². The van der Waals surface area contributed by atoms with E-state index in [9.17, 15) is 0 Å². The minimum atomic E-state index is -3.32. The molecule has 1 rings (SSSR count). The van der Waals surface area contributed by atoms with Crippen molar-refractivity contribution in [1.82, 2.24) is 9.97 Å². The van der Waals surface area contributed by atoms with Crippen LogP contribution in [0.2, 0.25) is 0 Å². The molecule has 0 saturated carbocycles. The van der Waals surface area contributed by atoms with Crippen molar-refractivity contribution in [3.63, 3.8) is 0 Å². The highest BCUT2D eigenvalue weighted by molar-refractivity contribution is 9.10. The first-order valence-electron chi connectivity index (χ1n) is 7.23. The highest BCUT2D eigenvalue weighted by Gasteiger charge is 2.02. The first kappa shape index (κ1) is 2.52. The molecule has 0 radical (unpaired) electrons. The zero-order valence-electron chi connectivity index (χ0n) is 14.4. The van der Waals surface area contributed by atoms with Crippen molar-refractivity contribution < 1.29 is 12.3 Å². The van der Waals surface area contributed by atoms with Crippen molar-refractivity contribution in [2.45, 2.75) is 26.0 Å². The molecule has 1 unspecified atom stereocenters. The predicted molar refractivity (Wildman–Crippen MR) is 48.4 cm³/mol. The first-order valence-corrected chi connectivity index (χ1v) is 3.52. The normalized spacial score (nSPS) is 31.5. The van der Waals surface area contributed by atoms with E-state index in [0.29, 0.717) is 0 Å². The molecule has 1 atom stereocenters. The third-order valence-corrected chi connectivity index (χ3v) is 1.44. The number of nitrogens with zero attached hydrogens (tertiary/aromatic N) is 2. The Morgan fingerprint density at radius 1 is 1.82 bits per heavy atom. The molecule has 3 heteroatoms. The van der Waals surface area contributed by atoms with Crippen LogP contribution < -0.4 is 0 Å². The highest BCUT2D eigenvalue weighted by atomic mass is 79.9. The second-order valence-electron chi connectivity index (χ2n) is 1.74. The van der Waals surface area contributed by atoms with Crippen LogP contribution in [0.1, 0.15) is 43.9 Å². The molecule has 1 aromatic heterocycles. The lowest BCUT2D eigenvalue weighted by atomic mass is 10.0. The summed E-state index contributed by atoms with van der Waals surface area (Å²) in [7, 11) is 0. The Morgan fingerprint density at radius 3 is 3.09 bits per heavy atom. The summed E-state index contributed by atoms with van der Waals surface area (Å²) < 4.78 is 67.3. The molecule has 0 fully saturated rings. The summed E-state index contributed by atoms with van der Waals surface area (Å²) >= 11 is 2.92. The summed E-state index contributed by atoms with van der Waals surface area (Å²) in [6.07, 6.45) is -1.46. The summed E-state index contributed by atoms with van der Waals surface area (Å²) in [5.41, 5.74) is -0.429. The van der Waals surface area contributed by atoms with Gasteiger partial charge in [-0.1, -0.05) is 13.7 Å². The Kier molecular flexibility index (Phi) is 0.874. The third kappa shape index (κ3) is 2.26. The van der Waals surface area contributed by atoms with E-state index in [2.05, 4.69) is 25.9 Å². The molecule has 0 spiro atoms. The molecule has 0 aliphatic carbocycles. The SMILES string of the molecule is [2H]C([2H])([2H])C([2H])([2H])C([2H])(c1cnc(Br)nc1)C([2H])([2H])[2H]. The average Bonchev–Trinajstić information content (AvgIpc) is 2.25. The Labute approximate surface area is 87.8 Å². The van der Waals surface area contributed by atoms with Crippen LogP contribution in [0.5, 0.6) is 0 Å². The number of aromatic nitrogens is 2. The third-order valence-electron chi connectivity index (χ3n) is 1.03. The van der Waals surface area contributed by atoms with Gasteiger partial charge in [-0.2, -0.15) is 0 Å². The minimum Gasteiger partial charge on any atom is -0.230 e. The fourth-order valence-electron chi connectivity index (χ4n) is 0.514. The molecule has 0 aliphatic heterocycles. The summed E-state index contributed by atoms with van der Waals surface area (Å²) in [5, 5.41) is 0. The number of hydrogen-bond acceptors (Lipinski definition) is 2. The van der Waals surface area contributed by atoms with Crippen LogP contribution in [-0.4, -0.2) is 9.97 Å². The van der Waals surface area contributed by atoms with Crippen molar-refractivity contribution in [3.05, 3.63) is 22.7 Å². The van der Waals surface area contributed by atoms with Crippen molar-refractivity contribution >= 4 is 15.9 Å². The molecule has 1 aromatic rings. The number of hydrogen-bond donors (Lipinski definition) is 0. The molecule has 0 N–H and O–H groups in total. The molecular formula is C8H11BrN2. The lowest BCUT2D eigenvalue weighted by molar-refractivity contribution is 0.722.